The smallest absolute Gasteiger partial charge is 0.164 e. The Morgan fingerprint density at radius 3 is 1.43 bits per heavy atom. The van der Waals surface area contributed by atoms with Gasteiger partial charge in [0.25, 0.3) is 0 Å². The van der Waals surface area contributed by atoms with Crippen molar-refractivity contribution < 1.29 is 0 Å². The summed E-state index contributed by atoms with van der Waals surface area (Å²) in [6, 6.07) is 45.6. The molecule has 0 atom stereocenters. The molecular weight excluding hydrogens is 488 g/mol. The number of hydrogen-bond acceptors (Lipinski definition) is 4. The Morgan fingerprint density at radius 2 is 0.825 bits per heavy atom. The second-order valence-corrected chi connectivity index (χ2v) is 9.56. The zero-order valence-electron chi connectivity index (χ0n) is 21.6. The maximum Gasteiger partial charge on any atom is 0.164 e. The van der Waals surface area contributed by atoms with Crippen molar-refractivity contribution in [2.45, 2.75) is 0 Å². The molecule has 0 unspecified atom stereocenters. The first kappa shape index (κ1) is 23.6. The van der Waals surface area contributed by atoms with E-state index < -0.39 is 0 Å². The normalized spacial score (nSPS) is 11.0. The molecule has 0 aliphatic carbocycles. The fourth-order valence-corrected chi connectivity index (χ4v) is 5.05. The number of fused-ring (bicyclic) bond motifs is 1. The Balaban J connectivity index is 1.37. The largest absolute Gasteiger partial charge is 0.264 e. The summed E-state index contributed by atoms with van der Waals surface area (Å²) >= 11 is 0. The number of nitrogens with zero attached hydrogens (tertiary/aromatic N) is 4. The molecular formula is C36H24N4. The SMILES string of the molecule is c1ccc(-c2nc(-c3ccccc3)nc(-c3ccc(-c4ccc(-c5cccnc5)cc4)c4ccccc34)n2)cc1. The third-order valence-electron chi connectivity index (χ3n) is 7.06. The van der Waals surface area contributed by atoms with Crippen LogP contribution in [0, 0.1) is 0 Å². The summed E-state index contributed by atoms with van der Waals surface area (Å²) in [7, 11) is 0. The fourth-order valence-electron chi connectivity index (χ4n) is 5.05. The zero-order valence-corrected chi connectivity index (χ0v) is 21.6. The first-order chi connectivity index (χ1) is 19.8. The molecule has 0 aliphatic heterocycles. The molecule has 0 N–H and O–H groups in total. The molecule has 2 aromatic heterocycles. The molecule has 0 fully saturated rings. The quantitative estimate of drug-likeness (QED) is 0.231. The van der Waals surface area contributed by atoms with Crippen LogP contribution in [0.3, 0.4) is 0 Å². The number of aromatic nitrogens is 4. The van der Waals surface area contributed by atoms with E-state index in [4.69, 9.17) is 15.0 Å². The van der Waals surface area contributed by atoms with E-state index in [1.807, 2.05) is 72.9 Å². The summed E-state index contributed by atoms with van der Waals surface area (Å²) in [5.41, 5.74) is 7.45. The van der Waals surface area contributed by atoms with Gasteiger partial charge in [-0.3, -0.25) is 4.98 Å². The van der Waals surface area contributed by atoms with E-state index in [9.17, 15) is 0 Å². The van der Waals surface area contributed by atoms with Crippen molar-refractivity contribution in [3.63, 3.8) is 0 Å². The zero-order chi connectivity index (χ0) is 26.7. The predicted octanol–water partition coefficient (Wildman–Crippen LogP) is 8.75. The second-order valence-electron chi connectivity index (χ2n) is 9.56. The van der Waals surface area contributed by atoms with Crippen molar-refractivity contribution in [2.75, 3.05) is 0 Å². The summed E-state index contributed by atoms with van der Waals surface area (Å²) in [6.45, 7) is 0. The molecule has 0 radical (unpaired) electrons. The van der Waals surface area contributed by atoms with Gasteiger partial charge in [0.2, 0.25) is 0 Å². The van der Waals surface area contributed by atoms with E-state index in [1.54, 1.807) is 6.20 Å². The highest BCUT2D eigenvalue weighted by atomic mass is 15.0. The molecule has 0 bridgehead atoms. The molecule has 40 heavy (non-hydrogen) atoms. The molecule has 0 amide bonds. The summed E-state index contributed by atoms with van der Waals surface area (Å²) in [5, 5.41) is 2.25. The summed E-state index contributed by atoms with van der Waals surface area (Å²) in [6.07, 6.45) is 3.69. The number of rotatable bonds is 5. The van der Waals surface area contributed by atoms with Gasteiger partial charge in [-0.25, -0.2) is 15.0 Å². The van der Waals surface area contributed by atoms with Crippen molar-refractivity contribution in [3.05, 3.63) is 146 Å². The van der Waals surface area contributed by atoms with E-state index in [1.165, 1.54) is 0 Å². The van der Waals surface area contributed by atoms with Crippen LogP contribution < -0.4 is 0 Å². The van der Waals surface area contributed by atoms with Crippen LogP contribution in [0.2, 0.25) is 0 Å². The third kappa shape index (κ3) is 4.52. The van der Waals surface area contributed by atoms with Gasteiger partial charge in [0, 0.05) is 29.1 Å². The first-order valence-corrected chi connectivity index (χ1v) is 13.2. The standard InChI is InChI=1S/C36H24N4/c1-3-10-27(11-4-1)34-38-35(28-12-5-2-6-13-28)40-36(39-34)33-22-21-30(31-15-7-8-16-32(31)33)26-19-17-25(18-20-26)29-14-9-23-37-24-29/h1-24H. The van der Waals surface area contributed by atoms with E-state index >= 15 is 0 Å². The third-order valence-corrected chi connectivity index (χ3v) is 7.06. The lowest BCUT2D eigenvalue weighted by atomic mass is 9.93. The van der Waals surface area contributed by atoms with Gasteiger partial charge in [0.05, 0.1) is 0 Å². The highest BCUT2D eigenvalue weighted by Crippen LogP contribution is 2.36. The van der Waals surface area contributed by atoms with Gasteiger partial charge >= 0.3 is 0 Å². The Bertz CT molecular complexity index is 1860. The van der Waals surface area contributed by atoms with E-state index in [-0.39, 0.29) is 0 Å². The van der Waals surface area contributed by atoms with Gasteiger partial charge < -0.3 is 0 Å². The maximum absolute atomic E-state index is 4.97. The molecule has 0 aliphatic rings. The molecule has 4 nitrogen and oxygen atoms in total. The molecule has 7 aromatic rings. The van der Waals surface area contributed by atoms with Gasteiger partial charge in [-0.15, -0.1) is 0 Å². The molecule has 188 valence electrons. The minimum Gasteiger partial charge on any atom is -0.264 e. The lowest BCUT2D eigenvalue weighted by Crippen LogP contribution is -2.00. The maximum atomic E-state index is 4.97. The van der Waals surface area contributed by atoms with Crippen LogP contribution in [0.4, 0.5) is 0 Å². The molecule has 2 heterocycles. The van der Waals surface area contributed by atoms with Crippen molar-refractivity contribution >= 4 is 10.8 Å². The van der Waals surface area contributed by atoms with Gasteiger partial charge in [-0.05, 0) is 45.2 Å². The highest BCUT2D eigenvalue weighted by Gasteiger charge is 2.16. The Morgan fingerprint density at radius 1 is 0.325 bits per heavy atom. The van der Waals surface area contributed by atoms with Gasteiger partial charge in [0.1, 0.15) is 0 Å². The minimum absolute atomic E-state index is 0.655. The lowest BCUT2D eigenvalue weighted by molar-refractivity contribution is 1.08. The topological polar surface area (TPSA) is 51.6 Å². The average Bonchev–Trinajstić information content (AvgIpc) is 3.05. The van der Waals surface area contributed by atoms with Crippen molar-refractivity contribution in [1.29, 1.82) is 0 Å². The van der Waals surface area contributed by atoms with Crippen LogP contribution in [0.5, 0.6) is 0 Å². The molecule has 0 saturated carbocycles. The Labute approximate surface area is 232 Å². The molecule has 7 rings (SSSR count). The van der Waals surface area contributed by atoms with Crippen LogP contribution in [0.25, 0.3) is 67.2 Å². The fraction of sp³-hybridized carbons (Fsp3) is 0. The average molecular weight is 513 g/mol. The van der Waals surface area contributed by atoms with Crippen molar-refractivity contribution in [3.8, 4) is 56.4 Å². The molecule has 4 heteroatoms. The number of pyridine rings is 1. The number of benzene rings is 5. The predicted molar refractivity (Wildman–Crippen MR) is 162 cm³/mol. The Kier molecular flexibility index (Phi) is 6.11. The monoisotopic (exact) mass is 512 g/mol. The molecule has 0 spiro atoms. The van der Waals surface area contributed by atoms with E-state index in [2.05, 4.69) is 71.7 Å². The van der Waals surface area contributed by atoms with Crippen LogP contribution in [-0.2, 0) is 0 Å². The van der Waals surface area contributed by atoms with Crippen LogP contribution in [0.1, 0.15) is 0 Å². The van der Waals surface area contributed by atoms with Gasteiger partial charge in [-0.1, -0.05) is 121 Å². The van der Waals surface area contributed by atoms with E-state index in [0.717, 1.165) is 49.7 Å². The minimum atomic E-state index is 0.655. The second kappa shape index (κ2) is 10.4. The van der Waals surface area contributed by atoms with Crippen LogP contribution >= 0.6 is 0 Å². The number of hydrogen-bond donors (Lipinski definition) is 0. The van der Waals surface area contributed by atoms with Crippen LogP contribution in [-0.4, -0.2) is 19.9 Å². The first-order valence-electron chi connectivity index (χ1n) is 13.2. The Hall–Kier alpha value is -5.48. The molecule has 5 aromatic carbocycles. The van der Waals surface area contributed by atoms with Crippen molar-refractivity contribution in [2.24, 2.45) is 0 Å². The lowest BCUT2D eigenvalue weighted by Gasteiger charge is -2.13. The van der Waals surface area contributed by atoms with Crippen molar-refractivity contribution in [1.82, 2.24) is 19.9 Å². The highest BCUT2D eigenvalue weighted by molar-refractivity contribution is 6.04. The molecule has 0 saturated heterocycles. The van der Waals surface area contributed by atoms with E-state index in [0.29, 0.717) is 17.5 Å². The van der Waals surface area contributed by atoms with Crippen LogP contribution in [0.15, 0.2) is 146 Å². The summed E-state index contributed by atoms with van der Waals surface area (Å²) < 4.78 is 0. The van der Waals surface area contributed by atoms with Gasteiger partial charge in [0.15, 0.2) is 17.5 Å². The van der Waals surface area contributed by atoms with Gasteiger partial charge in [-0.2, -0.15) is 0 Å². The summed E-state index contributed by atoms with van der Waals surface area (Å²) in [5.74, 6) is 1.97. The summed E-state index contributed by atoms with van der Waals surface area (Å²) in [4.78, 5) is 19.0.